The number of rotatable bonds is 6. The molecule has 2 amide bonds. The maximum atomic E-state index is 11.7. The van der Waals surface area contributed by atoms with Crippen LogP contribution < -0.4 is 0 Å². The Morgan fingerprint density at radius 3 is 2.12 bits per heavy atom. The lowest BCUT2D eigenvalue weighted by Crippen LogP contribution is -2.42. The molecule has 0 aromatic carbocycles. The second-order valence-corrected chi connectivity index (χ2v) is 4.12. The van der Waals surface area contributed by atoms with Crippen molar-refractivity contribution >= 4 is 23.4 Å². The van der Waals surface area contributed by atoms with Gasteiger partial charge in [0.1, 0.15) is 0 Å². The van der Waals surface area contributed by atoms with Crippen LogP contribution in [0.5, 0.6) is 0 Å². The third kappa shape index (κ3) is 4.39. The van der Waals surface area contributed by atoms with Gasteiger partial charge in [0, 0.05) is 31.9 Å². The Hall–Kier alpha value is -0.770. The first kappa shape index (κ1) is 15.2. The van der Waals surface area contributed by atoms with Crippen molar-refractivity contribution in [3.63, 3.8) is 0 Å². The number of carbonyl (C=O) groups is 2. The Morgan fingerprint density at radius 2 is 1.75 bits per heavy atom. The van der Waals surface area contributed by atoms with Crippen molar-refractivity contribution in [1.82, 2.24) is 9.80 Å². The van der Waals surface area contributed by atoms with Crippen LogP contribution in [0.4, 0.5) is 0 Å². The van der Waals surface area contributed by atoms with Gasteiger partial charge in [-0.15, -0.1) is 11.6 Å². The van der Waals surface area contributed by atoms with E-state index in [1.165, 1.54) is 4.90 Å². The van der Waals surface area contributed by atoms with Crippen LogP contribution in [-0.4, -0.2) is 54.2 Å². The fraction of sp³-hybridized carbons (Fsp3) is 0.818. The zero-order valence-electron chi connectivity index (χ0n) is 10.5. The molecule has 0 rings (SSSR count). The van der Waals surface area contributed by atoms with E-state index in [1.54, 1.807) is 18.9 Å². The Labute approximate surface area is 103 Å². The lowest BCUT2D eigenvalue weighted by Gasteiger charge is -2.24. The van der Waals surface area contributed by atoms with Crippen LogP contribution in [0.25, 0.3) is 0 Å². The summed E-state index contributed by atoms with van der Waals surface area (Å²) in [5, 5.41) is 0. The Balaban J connectivity index is 4.28. The molecule has 0 saturated heterocycles. The van der Waals surface area contributed by atoms with Crippen molar-refractivity contribution < 1.29 is 9.59 Å². The average molecular weight is 249 g/mol. The molecule has 0 bridgehead atoms. The van der Waals surface area contributed by atoms with E-state index < -0.39 is 0 Å². The molecule has 1 unspecified atom stereocenters. The molecule has 1 atom stereocenters. The molecular formula is C11H21ClN2O2. The van der Waals surface area contributed by atoms with E-state index in [9.17, 15) is 9.59 Å². The summed E-state index contributed by atoms with van der Waals surface area (Å²) in [4.78, 5) is 26.6. The minimum atomic E-state index is -0.240. The maximum absolute atomic E-state index is 11.7. The van der Waals surface area contributed by atoms with Gasteiger partial charge in [-0.3, -0.25) is 9.59 Å². The van der Waals surface area contributed by atoms with Crippen LogP contribution in [0.1, 0.15) is 20.8 Å². The fourth-order valence-corrected chi connectivity index (χ4v) is 1.53. The highest BCUT2D eigenvalue weighted by atomic mass is 35.5. The monoisotopic (exact) mass is 248 g/mol. The Bertz CT molecular complexity index is 242. The summed E-state index contributed by atoms with van der Waals surface area (Å²) in [5.41, 5.74) is 0. The van der Waals surface area contributed by atoms with Crippen molar-refractivity contribution in [2.24, 2.45) is 5.92 Å². The van der Waals surface area contributed by atoms with E-state index in [2.05, 4.69) is 0 Å². The smallest absolute Gasteiger partial charge is 0.242 e. The molecule has 0 N–H and O–H groups in total. The van der Waals surface area contributed by atoms with E-state index in [4.69, 9.17) is 11.6 Å². The predicted molar refractivity (Wildman–Crippen MR) is 65.4 cm³/mol. The van der Waals surface area contributed by atoms with E-state index in [1.807, 2.05) is 13.8 Å². The minimum Gasteiger partial charge on any atom is -0.342 e. The van der Waals surface area contributed by atoms with Gasteiger partial charge in [0.2, 0.25) is 11.8 Å². The molecule has 4 nitrogen and oxygen atoms in total. The highest BCUT2D eigenvalue weighted by molar-refractivity contribution is 6.19. The van der Waals surface area contributed by atoms with Crippen molar-refractivity contribution in [2.45, 2.75) is 20.8 Å². The molecule has 0 aliphatic carbocycles. The molecule has 0 radical (unpaired) electrons. The summed E-state index contributed by atoms with van der Waals surface area (Å²) in [6.45, 7) is 7.07. The normalized spacial score (nSPS) is 12.1. The van der Waals surface area contributed by atoms with Crippen LogP contribution in [0.15, 0.2) is 0 Å². The van der Waals surface area contributed by atoms with Gasteiger partial charge >= 0.3 is 0 Å². The number of carbonyl (C=O) groups excluding carboxylic acids is 2. The van der Waals surface area contributed by atoms with Crippen molar-refractivity contribution in [3.05, 3.63) is 0 Å². The molecule has 94 valence electrons. The molecular weight excluding hydrogens is 228 g/mol. The lowest BCUT2D eigenvalue weighted by atomic mass is 10.2. The molecule has 5 heteroatoms. The molecule has 0 aromatic rings. The quantitative estimate of drug-likeness (QED) is 0.663. The maximum Gasteiger partial charge on any atom is 0.242 e. The van der Waals surface area contributed by atoms with E-state index in [0.29, 0.717) is 13.1 Å². The SMILES string of the molecule is CCN(CC)C(=O)CN(C)C(=O)C(C)CCl. The Kier molecular flexibility index (Phi) is 7.13. The third-order valence-corrected chi connectivity index (χ3v) is 2.98. The summed E-state index contributed by atoms with van der Waals surface area (Å²) in [7, 11) is 1.63. The summed E-state index contributed by atoms with van der Waals surface area (Å²) < 4.78 is 0. The lowest BCUT2D eigenvalue weighted by molar-refractivity contribution is -0.140. The predicted octanol–water partition coefficient (Wildman–Crippen LogP) is 1.19. The van der Waals surface area contributed by atoms with Crippen LogP contribution in [0, 0.1) is 5.92 Å². The summed E-state index contributed by atoms with van der Waals surface area (Å²) >= 11 is 5.60. The highest BCUT2D eigenvalue weighted by Crippen LogP contribution is 2.03. The van der Waals surface area contributed by atoms with Gasteiger partial charge in [0.05, 0.1) is 6.54 Å². The van der Waals surface area contributed by atoms with Gasteiger partial charge in [-0.2, -0.15) is 0 Å². The standard InChI is InChI=1S/C11H21ClN2O2/c1-5-14(6-2)10(15)8-13(4)11(16)9(3)7-12/h9H,5-8H2,1-4H3. The van der Waals surface area contributed by atoms with Gasteiger partial charge in [0.15, 0.2) is 0 Å². The van der Waals surface area contributed by atoms with Crippen molar-refractivity contribution in [2.75, 3.05) is 32.6 Å². The van der Waals surface area contributed by atoms with Gasteiger partial charge in [-0.25, -0.2) is 0 Å². The van der Waals surface area contributed by atoms with Crippen LogP contribution in [0.3, 0.4) is 0 Å². The number of amides is 2. The first-order valence-corrected chi connectivity index (χ1v) is 6.10. The molecule has 16 heavy (non-hydrogen) atoms. The second kappa shape index (κ2) is 7.49. The van der Waals surface area contributed by atoms with Gasteiger partial charge in [-0.1, -0.05) is 6.92 Å². The first-order chi connectivity index (χ1) is 7.47. The summed E-state index contributed by atoms with van der Waals surface area (Å²) in [6.07, 6.45) is 0. The molecule has 0 aliphatic heterocycles. The van der Waals surface area contributed by atoms with Crippen LogP contribution in [0.2, 0.25) is 0 Å². The minimum absolute atomic E-state index is 0.0253. The molecule has 0 heterocycles. The van der Waals surface area contributed by atoms with Crippen LogP contribution >= 0.6 is 11.6 Å². The van der Waals surface area contributed by atoms with Crippen LogP contribution in [-0.2, 0) is 9.59 Å². The summed E-state index contributed by atoms with van der Waals surface area (Å²) in [6, 6.07) is 0. The summed E-state index contributed by atoms with van der Waals surface area (Å²) in [5.74, 6) is -0.0721. The molecule has 0 aliphatic rings. The molecule has 0 aromatic heterocycles. The van der Waals surface area contributed by atoms with Gasteiger partial charge < -0.3 is 9.80 Å². The third-order valence-electron chi connectivity index (χ3n) is 2.52. The van der Waals surface area contributed by atoms with E-state index >= 15 is 0 Å². The highest BCUT2D eigenvalue weighted by Gasteiger charge is 2.20. The number of halogens is 1. The number of alkyl halides is 1. The largest absolute Gasteiger partial charge is 0.342 e. The molecule has 0 saturated carbocycles. The number of nitrogens with zero attached hydrogens (tertiary/aromatic N) is 2. The zero-order chi connectivity index (χ0) is 12.7. The van der Waals surface area contributed by atoms with E-state index in [0.717, 1.165) is 0 Å². The van der Waals surface area contributed by atoms with Crippen molar-refractivity contribution in [3.8, 4) is 0 Å². The number of likely N-dealkylation sites (N-methyl/N-ethyl adjacent to an activating group) is 2. The first-order valence-electron chi connectivity index (χ1n) is 5.56. The fourth-order valence-electron chi connectivity index (χ4n) is 1.40. The molecule has 0 spiro atoms. The number of hydrogen-bond donors (Lipinski definition) is 0. The number of hydrogen-bond acceptors (Lipinski definition) is 2. The van der Waals surface area contributed by atoms with Gasteiger partial charge in [-0.05, 0) is 13.8 Å². The topological polar surface area (TPSA) is 40.6 Å². The Morgan fingerprint density at radius 1 is 1.25 bits per heavy atom. The van der Waals surface area contributed by atoms with Crippen molar-refractivity contribution in [1.29, 1.82) is 0 Å². The zero-order valence-corrected chi connectivity index (χ0v) is 11.3. The second-order valence-electron chi connectivity index (χ2n) is 3.82. The molecule has 0 fully saturated rings. The average Bonchev–Trinajstić information content (AvgIpc) is 2.28. The van der Waals surface area contributed by atoms with Gasteiger partial charge in [0.25, 0.3) is 0 Å². The van der Waals surface area contributed by atoms with E-state index in [-0.39, 0.29) is 30.2 Å².